The summed E-state index contributed by atoms with van der Waals surface area (Å²) >= 11 is 0. The number of nitrogens with zero attached hydrogens (tertiary/aromatic N) is 2. The van der Waals surface area contributed by atoms with Crippen LogP contribution in [0.3, 0.4) is 0 Å². The molecule has 2 nitrogen and oxygen atoms in total. The molecule has 0 saturated heterocycles. The molecule has 1 unspecified atom stereocenters. The Kier molecular flexibility index (Phi) is 2.12. The molecule has 62 valence electrons. The minimum atomic E-state index is 0.386. The smallest absolute Gasteiger partial charge is 0.230 e. The van der Waals surface area contributed by atoms with Gasteiger partial charge >= 0.3 is 0 Å². The number of aliphatic imine (C=N–C) groups is 1. The minimum Gasteiger partial charge on any atom is -0.230 e. The normalized spacial score (nSPS) is 24.9. The van der Waals surface area contributed by atoms with Gasteiger partial charge in [-0.05, 0) is 27.7 Å². The van der Waals surface area contributed by atoms with E-state index >= 15 is 0 Å². The van der Waals surface area contributed by atoms with E-state index in [4.69, 9.17) is 0 Å². The fourth-order valence-corrected chi connectivity index (χ4v) is 1.67. The highest BCUT2D eigenvalue weighted by Gasteiger charge is 2.29. The van der Waals surface area contributed by atoms with Crippen LogP contribution in [0.2, 0.25) is 0 Å². The van der Waals surface area contributed by atoms with Crippen molar-refractivity contribution in [3.63, 3.8) is 0 Å². The molecule has 0 aromatic rings. The fraction of sp³-hybridized carbons (Fsp3) is 0.778. The van der Waals surface area contributed by atoms with E-state index in [2.05, 4.69) is 44.2 Å². The molecule has 0 radical (unpaired) electrons. The van der Waals surface area contributed by atoms with E-state index in [-0.39, 0.29) is 0 Å². The van der Waals surface area contributed by atoms with Gasteiger partial charge in [-0.15, -0.1) is 0 Å². The highest BCUT2D eigenvalue weighted by atomic mass is 15.2. The van der Waals surface area contributed by atoms with Gasteiger partial charge < -0.3 is 0 Å². The lowest BCUT2D eigenvalue weighted by Gasteiger charge is -2.06. The van der Waals surface area contributed by atoms with Crippen molar-refractivity contribution in [2.24, 2.45) is 4.99 Å². The summed E-state index contributed by atoms with van der Waals surface area (Å²) in [7, 11) is 0. The molecule has 0 saturated carbocycles. The SMILES string of the molecule is CC1=NC(C)C(C)=[N+]1C(C)C. The lowest BCUT2D eigenvalue weighted by atomic mass is 10.2. The van der Waals surface area contributed by atoms with Crippen LogP contribution in [0.5, 0.6) is 0 Å². The first-order chi connectivity index (χ1) is 5.04. The molecular formula is C9H17N2+. The second kappa shape index (κ2) is 2.76. The first-order valence-corrected chi connectivity index (χ1v) is 4.21. The maximum Gasteiger partial charge on any atom is 0.290 e. The Morgan fingerprint density at radius 2 is 1.91 bits per heavy atom. The van der Waals surface area contributed by atoms with Crippen molar-refractivity contribution >= 4 is 11.5 Å². The Morgan fingerprint density at radius 3 is 2.09 bits per heavy atom. The molecule has 0 aliphatic carbocycles. The van der Waals surface area contributed by atoms with Gasteiger partial charge in [0.05, 0.1) is 6.04 Å². The Morgan fingerprint density at radius 1 is 1.36 bits per heavy atom. The molecule has 0 fully saturated rings. The summed E-state index contributed by atoms with van der Waals surface area (Å²) in [4.78, 5) is 4.48. The predicted molar refractivity (Wildman–Crippen MR) is 48.6 cm³/mol. The van der Waals surface area contributed by atoms with Gasteiger partial charge in [0, 0.05) is 6.92 Å². The standard InChI is InChI=1S/C9H17N2/c1-6(2)11-8(4)7(3)10-9(11)5/h6-7H,1-5H3/q+1. The van der Waals surface area contributed by atoms with Gasteiger partial charge in [0.1, 0.15) is 5.71 Å². The average Bonchev–Trinajstić information content (AvgIpc) is 2.07. The summed E-state index contributed by atoms with van der Waals surface area (Å²) in [6.07, 6.45) is 0. The second-order valence-electron chi connectivity index (χ2n) is 3.46. The number of hydrogen-bond acceptors (Lipinski definition) is 1. The van der Waals surface area contributed by atoms with Crippen LogP contribution in [0, 0.1) is 0 Å². The van der Waals surface area contributed by atoms with E-state index in [0.29, 0.717) is 12.1 Å². The first kappa shape index (κ1) is 8.44. The molecule has 1 heterocycles. The van der Waals surface area contributed by atoms with Gasteiger partial charge in [0.15, 0.2) is 6.04 Å². The Balaban J connectivity index is 3.00. The summed E-state index contributed by atoms with van der Waals surface area (Å²) in [5.41, 5.74) is 1.37. The van der Waals surface area contributed by atoms with Crippen molar-refractivity contribution < 1.29 is 4.58 Å². The van der Waals surface area contributed by atoms with Crippen LogP contribution in [0.15, 0.2) is 4.99 Å². The van der Waals surface area contributed by atoms with Crippen LogP contribution >= 0.6 is 0 Å². The van der Waals surface area contributed by atoms with Gasteiger partial charge in [-0.2, -0.15) is 0 Å². The fourth-order valence-electron chi connectivity index (χ4n) is 1.67. The van der Waals surface area contributed by atoms with Crippen LogP contribution in [0.1, 0.15) is 34.6 Å². The molecule has 1 atom stereocenters. The van der Waals surface area contributed by atoms with Gasteiger partial charge in [-0.3, -0.25) is 0 Å². The number of rotatable bonds is 1. The largest absolute Gasteiger partial charge is 0.290 e. The van der Waals surface area contributed by atoms with E-state index in [0.717, 1.165) is 5.84 Å². The van der Waals surface area contributed by atoms with Crippen molar-refractivity contribution in [3.05, 3.63) is 0 Å². The molecule has 1 rings (SSSR count). The van der Waals surface area contributed by atoms with Crippen molar-refractivity contribution in [1.82, 2.24) is 0 Å². The van der Waals surface area contributed by atoms with Crippen LogP contribution in [-0.4, -0.2) is 28.2 Å². The van der Waals surface area contributed by atoms with Gasteiger partial charge in [0.25, 0.3) is 5.84 Å². The zero-order valence-electron chi connectivity index (χ0n) is 8.05. The average molecular weight is 153 g/mol. The molecule has 1 aliphatic rings. The molecule has 11 heavy (non-hydrogen) atoms. The predicted octanol–water partition coefficient (Wildman–Crippen LogP) is 1.69. The molecule has 0 amide bonds. The van der Waals surface area contributed by atoms with E-state index in [9.17, 15) is 0 Å². The molecule has 1 aliphatic heterocycles. The van der Waals surface area contributed by atoms with Crippen molar-refractivity contribution in [2.45, 2.75) is 46.7 Å². The topological polar surface area (TPSA) is 15.4 Å². The maximum atomic E-state index is 4.48. The van der Waals surface area contributed by atoms with Gasteiger partial charge in [-0.25, -0.2) is 4.58 Å². The third-order valence-electron chi connectivity index (χ3n) is 2.23. The molecule has 0 spiro atoms. The Bertz CT molecular complexity index is 224. The molecule has 0 bridgehead atoms. The summed E-state index contributed by atoms with van der Waals surface area (Å²) < 4.78 is 2.30. The van der Waals surface area contributed by atoms with Crippen LogP contribution in [-0.2, 0) is 0 Å². The minimum absolute atomic E-state index is 0.386. The number of amidine groups is 1. The highest BCUT2D eigenvalue weighted by Crippen LogP contribution is 2.07. The maximum absolute atomic E-state index is 4.48. The zero-order valence-corrected chi connectivity index (χ0v) is 8.05. The van der Waals surface area contributed by atoms with Gasteiger partial charge in [-0.1, -0.05) is 4.99 Å². The molecule has 0 aromatic heterocycles. The molecular weight excluding hydrogens is 136 g/mol. The summed E-state index contributed by atoms with van der Waals surface area (Å²) in [6, 6.07) is 0.932. The quantitative estimate of drug-likeness (QED) is 0.509. The molecule has 0 aromatic carbocycles. The lowest BCUT2D eigenvalue weighted by molar-refractivity contribution is -0.443. The number of hydrogen-bond donors (Lipinski definition) is 0. The highest BCUT2D eigenvalue weighted by molar-refractivity contribution is 5.93. The van der Waals surface area contributed by atoms with E-state index in [1.165, 1.54) is 5.71 Å². The first-order valence-electron chi connectivity index (χ1n) is 4.21. The third kappa shape index (κ3) is 1.35. The Hall–Kier alpha value is -0.660. The van der Waals surface area contributed by atoms with Gasteiger partial charge in [0.2, 0.25) is 0 Å². The van der Waals surface area contributed by atoms with Crippen LogP contribution in [0.4, 0.5) is 0 Å². The third-order valence-corrected chi connectivity index (χ3v) is 2.23. The lowest BCUT2D eigenvalue weighted by Crippen LogP contribution is -2.28. The second-order valence-corrected chi connectivity index (χ2v) is 3.46. The van der Waals surface area contributed by atoms with Crippen LogP contribution in [0.25, 0.3) is 0 Å². The monoisotopic (exact) mass is 153 g/mol. The van der Waals surface area contributed by atoms with Crippen molar-refractivity contribution in [3.8, 4) is 0 Å². The summed E-state index contributed by atoms with van der Waals surface area (Å²) in [5, 5.41) is 0. The van der Waals surface area contributed by atoms with E-state index in [1.54, 1.807) is 0 Å². The van der Waals surface area contributed by atoms with E-state index < -0.39 is 0 Å². The molecule has 2 heteroatoms. The zero-order chi connectivity index (χ0) is 8.59. The Labute approximate surface area is 68.7 Å². The summed E-state index contributed by atoms with van der Waals surface area (Å²) in [6.45, 7) is 10.8. The van der Waals surface area contributed by atoms with E-state index in [1.807, 2.05) is 0 Å². The van der Waals surface area contributed by atoms with Crippen LogP contribution < -0.4 is 0 Å². The summed E-state index contributed by atoms with van der Waals surface area (Å²) in [5.74, 6) is 1.16. The van der Waals surface area contributed by atoms with Crippen molar-refractivity contribution in [1.29, 1.82) is 0 Å². The van der Waals surface area contributed by atoms with Crippen molar-refractivity contribution in [2.75, 3.05) is 0 Å². The molecule has 0 N–H and O–H groups in total.